The van der Waals surface area contributed by atoms with Crippen LogP contribution in [0.25, 0.3) is 10.2 Å². The zero-order chi connectivity index (χ0) is 22.0. The van der Waals surface area contributed by atoms with Crippen LogP contribution in [0.15, 0.2) is 33.7 Å². The molecule has 162 valence electrons. The molecular weight excluding hydrogens is 430 g/mol. The Morgan fingerprint density at radius 1 is 1.26 bits per heavy atom. The lowest BCUT2D eigenvalue weighted by Gasteiger charge is -2.18. The lowest BCUT2D eigenvalue weighted by Crippen LogP contribution is -2.20. The largest absolute Gasteiger partial charge is 0.486 e. The molecule has 0 spiro atoms. The zero-order valence-corrected chi connectivity index (χ0v) is 17.2. The van der Waals surface area contributed by atoms with Gasteiger partial charge in [0.05, 0.1) is 29.3 Å². The molecule has 1 aromatic carbocycles. The fourth-order valence-electron chi connectivity index (χ4n) is 3.03. The van der Waals surface area contributed by atoms with Crippen LogP contribution in [0.1, 0.15) is 23.9 Å². The number of thiazole rings is 1. The molecule has 2 aromatic heterocycles. The molecular formula is C19H17N3O8S. The highest BCUT2D eigenvalue weighted by Gasteiger charge is 2.20. The van der Waals surface area contributed by atoms with Crippen molar-refractivity contribution in [3.63, 3.8) is 0 Å². The van der Waals surface area contributed by atoms with Gasteiger partial charge >= 0.3 is 17.8 Å². The van der Waals surface area contributed by atoms with Crippen LogP contribution in [0.5, 0.6) is 11.5 Å². The average molecular weight is 447 g/mol. The van der Waals surface area contributed by atoms with Crippen molar-refractivity contribution in [2.24, 2.45) is 4.99 Å². The van der Waals surface area contributed by atoms with Crippen molar-refractivity contribution in [1.82, 2.24) is 4.57 Å². The molecule has 0 unspecified atom stereocenters. The summed E-state index contributed by atoms with van der Waals surface area (Å²) in [6, 6.07) is 5.84. The molecule has 4 rings (SSSR count). The van der Waals surface area contributed by atoms with E-state index in [0.717, 1.165) is 10.8 Å². The Morgan fingerprint density at radius 2 is 2.00 bits per heavy atom. The topological polar surface area (TPSA) is 135 Å². The lowest BCUT2D eigenvalue weighted by atomic mass is 10.2. The number of fused-ring (bicyclic) bond motifs is 2. The molecule has 1 aliphatic rings. The number of hydrogen-bond acceptors (Lipinski definition) is 9. The molecule has 1 amide bonds. The maximum atomic E-state index is 12.5. The Kier molecular flexibility index (Phi) is 5.71. The molecule has 31 heavy (non-hydrogen) atoms. The van der Waals surface area contributed by atoms with Crippen LogP contribution in [-0.2, 0) is 16.1 Å². The summed E-state index contributed by atoms with van der Waals surface area (Å²) >= 11 is 1.21. The van der Waals surface area contributed by atoms with Crippen LogP contribution in [-0.4, -0.2) is 41.2 Å². The highest BCUT2D eigenvalue weighted by molar-refractivity contribution is 7.16. The number of ether oxygens (including phenoxy) is 3. The van der Waals surface area contributed by atoms with Gasteiger partial charge in [-0.1, -0.05) is 11.3 Å². The Morgan fingerprint density at radius 3 is 2.68 bits per heavy atom. The fraction of sp³-hybridized carbons (Fsp3) is 0.316. The first-order valence-electron chi connectivity index (χ1n) is 9.38. The second-order valence-corrected chi connectivity index (χ2v) is 7.38. The SMILES string of the molecule is CCOC(=O)CCn1c(=NC(=O)c2ccc([N+](=O)[O-])o2)sc2cc3c(cc21)OCCO3. The molecule has 0 saturated carbocycles. The van der Waals surface area contributed by atoms with E-state index >= 15 is 0 Å². The van der Waals surface area contributed by atoms with E-state index in [2.05, 4.69) is 4.99 Å². The van der Waals surface area contributed by atoms with Crippen molar-refractivity contribution in [2.75, 3.05) is 19.8 Å². The number of esters is 1. The van der Waals surface area contributed by atoms with Crippen LogP contribution in [0, 0.1) is 10.1 Å². The van der Waals surface area contributed by atoms with Crippen LogP contribution in [0.2, 0.25) is 0 Å². The summed E-state index contributed by atoms with van der Waals surface area (Å²) in [7, 11) is 0. The van der Waals surface area contributed by atoms with Gasteiger partial charge in [0, 0.05) is 18.7 Å². The van der Waals surface area contributed by atoms with Crippen LogP contribution >= 0.6 is 11.3 Å². The highest BCUT2D eigenvalue weighted by Crippen LogP contribution is 2.35. The first-order valence-corrected chi connectivity index (χ1v) is 10.2. The first kappa shape index (κ1) is 20.6. The summed E-state index contributed by atoms with van der Waals surface area (Å²) in [4.78, 5) is 38.9. The molecule has 0 atom stereocenters. The van der Waals surface area contributed by atoms with E-state index in [0.29, 0.717) is 35.0 Å². The molecule has 0 N–H and O–H groups in total. The van der Waals surface area contributed by atoms with Crippen molar-refractivity contribution in [2.45, 2.75) is 19.9 Å². The number of carbonyl (C=O) groups is 2. The second kappa shape index (κ2) is 8.60. The molecule has 12 heteroatoms. The van der Waals surface area contributed by atoms with Gasteiger partial charge in [-0.2, -0.15) is 4.99 Å². The maximum absolute atomic E-state index is 12.5. The minimum absolute atomic E-state index is 0.0711. The number of carbonyl (C=O) groups excluding carboxylic acids is 2. The molecule has 3 aromatic rings. The molecule has 0 bridgehead atoms. The summed E-state index contributed by atoms with van der Waals surface area (Å²) < 4.78 is 23.6. The van der Waals surface area contributed by atoms with E-state index in [1.165, 1.54) is 17.4 Å². The number of rotatable bonds is 6. The van der Waals surface area contributed by atoms with Gasteiger partial charge in [0.25, 0.3) is 0 Å². The lowest BCUT2D eigenvalue weighted by molar-refractivity contribution is -0.402. The van der Waals surface area contributed by atoms with E-state index in [1.54, 1.807) is 23.6 Å². The van der Waals surface area contributed by atoms with E-state index in [9.17, 15) is 19.7 Å². The molecule has 0 saturated heterocycles. The van der Waals surface area contributed by atoms with Crippen molar-refractivity contribution >= 4 is 39.3 Å². The smallest absolute Gasteiger partial charge is 0.433 e. The van der Waals surface area contributed by atoms with Gasteiger partial charge < -0.3 is 23.2 Å². The Hall–Kier alpha value is -3.67. The summed E-state index contributed by atoms with van der Waals surface area (Å²) in [5.41, 5.74) is 0.704. The normalized spacial score (nSPS) is 13.4. The van der Waals surface area contributed by atoms with Crippen molar-refractivity contribution in [1.29, 1.82) is 0 Å². The predicted molar refractivity (Wildman–Crippen MR) is 107 cm³/mol. The Balaban J connectivity index is 1.77. The van der Waals surface area contributed by atoms with Crippen molar-refractivity contribution < 1.29 is 33.1 Å². The van der Waals surface area contributed by atoms with Crippen LogP contribution in [0.4, 0.5) is 5.88 Å². The number of aromatic nitrogens is 1. The minimum atomic E-state index is -0.776. The molecule has 0 radical (unpaired) electrons. The number of furan rings is 1. The number of hydrogen-bond donors (Lipinski definition) is 0. The summed E-state index contributed by atoms with van der Waals surface area (Å²) in [5, 5.41) is 10.8. The number of nitro groups is 1. The van der Waals surface area contributed by atoms with Gasteiger partial charge in [0.1, 0.15) is 18.1 Å². The van der Waals surface area contributed by atoms with E-state index < -0.39 is 16.7 Å². The highest BCUT2D eigenvalue weighted by atomic mass is 32.1. The van der Waals surface area contributed by atoms with E-state index in [4.69, 9.17) is 18.6 Å². The average Bonchev–Trinajstić information content (AvgIpc) is 3.36. The van der Waals surface area contributed by atoms with E-state index in [1.807, 2.05) is 0 Å². The first-order chi connectivity index (χ1) is 15.0. The maximum Gasteiger partial charge on any atom is 0.433 e. The minimum Gasteiger partial charge on any atom is -0.486 e. The molecule has 0 fully saturated rings. The third kappa shape index (κ3) is 4.28. The zero-order valence-electron chi connectivity index (χ0n) is 16.4. The number of benzene rings is 1. The summed E-state index contributed by atoms with van der Waals surface area (Å²) in [5.74, 6) is -0.829. The van der Waals surface area contributed by atoms with Gasteiger partial charge in [0.2, 0.25) is 5.76 Å². The van der Waals surface area contributed by atoms with Crippen molar-refractivity contribution in [3.05, 3.63) is 44.9 Å². The number of nitrogens with zero attached hydrogens (tertiary/aromatic N) is 3. The van der Waals surface area contributed by atoms with E-state index in [-0.39, 0.29) is 31.3 Å². The molecule has 0 aliphatic carbocycles. The second-order valence-electron chi connectivity index (χ2n) is 6.37. The Labute approximate surface area is 178 Å². The van der Waals surface area contributed by atoms with Gasteiger partial charge in [-0.25, -0.2) is 0 Å². The quantitative estimate of drug-likeness (QED) is 0.320. The van der Waals surface area contributed by atoms with Crippen molar-refractivity contribution in [3.8, 4) is 11.5 Å². The third-order valence-electron chi connectivity index (χ3n) is 4.37. The third-order valence-corrected chi connectivity index (χ3v) is 5.41. The van der Waals surface area contributed by atoms with Gasteiger partial charge in [-0.05, 0) is 13.0 Å². The van der Waals surface area contributed by atoms with Gasteiger partial charge in [0.15, 0.2) is 16.3 Å². The van der Waals surface area contributed by atoms with Gasteiger partial charge in [-0.3, -0.25) is 19.7 Å². The summed E-state index contributed by atoms with van der Waals surface area (Å²) in [6.07, 6.45) is 0.0711. The predicted octanol–water partition coefficient (Wildman–Crippen LogP) is 2.67. The molecule has 3 heterocycles. The monoisotopic (exact) mass is 447 g/mol. The standard InChI is InChI=1S/C19H17N3O8S/c1-2-27-17(23)5-6-21-11-9-13-14(29-8-7-28-13)10-15(11)31-19(21)20-18(24)12-3-4-16(30-12)22(25)26/h3-4,9-10H,2,5-8H2,1H3. The Bertz CT molecular complexity index is 1240. The van der Waals surface area contributed by atoms with Gasteiger partial charge in [-0.15, -0.1) is 0 Å². The molecule has 1 aliphatic heterocycles. The number of amides is 1. The van der Waals surface area contributed by atoms with Crippen LogP contribution < -0.4 is 14.3 Å². The molecule has 11 nitrogen and oxygen atoms in total. The van der Waals surface area contributed by atoms with Crippen LogP contribution in [0.3, 0.4) is 0 Å². The summed E-state index contributed by atoms with van der Waals surface area (Å²) in [6.45, 7) is 3.04. The fourth-order valence-corrected chi connectivity index (χ4v) is 4.09. The number of aryl methyl sites for hydroxylation is 1.